The monoisotopic (exact) mass is 280 g/mol. The van der Waals surface area contributed by atoms with Gasteiger partial charge in [-0.1, -0.05) is 0 Å². The van der Waals surface area contributed by atoms with E-state index in [1.165, 1.54) is 0 Å². The van der Waals surface area contributed by atoms with Crippen molar-refractivity contribution >= 4 is 21.6 Å². The first kappa shape index (κ1) is 11.4. The summed E-state index contributed by atoms with van der Waals surface area (Å²) >= 11 is 3.42. The van der Waals surface area contributed by atoms with Crippen molar-refractivity contribution in [3.63, 3.8) is 0 Å². The summed E-state index contributed by atoms with van der Waals surface area (Å²) in [6.45, 7) is 1.03. The largest absolute Gasteiger partial charge is 0.396 e. The van der Waals surface area contributed by atoms with E-state index in [0.29, 0.717) is 5.56 Å². The van der Waals surface area contributed by atoms with Crippen molar-refractivity contribution in [2.45, 2.75) is 12.8 Å². The van der Waals surface area contributed by atoms with Gasteiger partial charge >= 0.3 is 0 Å². The van der Waals surface area contributed by atoms with Crippen LogP contribution in [-0.4, -0.2) is 18.3 Å². The van der Waals surface area contributed by atoms with Crippen LogP contribution in [0.4, 0.5) is 5.69 Å². The standard InChI is InChI=1S/C12H13BrN2O/c13-10-5-9(6-14)1-2-11(10)15-7-12(8-16)3-4-12/h1-2,5,15-16H,3-4,7-8H2. The van der Waals surface area contributed by atoms with E-state index in [1.807, 2.05) is 6.07 Å². The summed E-state index contributed by atoms with van der Waals surface area (Å²) in [4.78, 5) is 0. The first-order valence-corrected chi connectivity index (χ1v) is 6.03. The second kappa shape index (κ2) is 4.44. The van der Waals surface area contributed by atoms with Crippen molar-refractivity contribution < 1.29 is 5.11 Å². The van der Waals surface area contributed by atoms with E-state index < -0.39 is 0 Å². The summed E-state index contributed by atoms with van der Waals surface area (Å²) in [6.07, 6.45) is 2.18. The maximum Gasteiger partial charge on any atom is 0.0992 e. The lowest BCUT2D eigenvalue weighted by Crippen LogP contribution is -2.19. The number of hydrogen-bond donors (Lipinski definition) is 2. The zero-order valence-corrected chi connectivity index (χ0v) is 10.4. The number of hydrogen-bond acceptors (Lipinski definition) is 3. The molecule has 0 spiro atoms. The number of nitrogens with zero attached hydrogens (tertiary/aromatic N) is 1. The molecule has 84 valence electrons. The van der Waals surface area contributed by atoms with E-state index >= 15 is 0 Å². The highest BCUT2D eigenvalue weighted by Gasteiger charge is 2.41. The van der Waals surface area contributed by atoms with Gasteiger partial charge in [-0.25, -0.2) is 0 Å². The van der Waals surface area contributed by atoms with Crippen molar-refractivity contribution in [2.75, 3.05) is 18.5 Å². The summed E-state index contributed by atoms with van der Waals surface area (Å²) < 4.78 is 0.889. The quantitative estimate of drug-likeness (QED) is 0.891. The van der Waals surface area contributed by atoms with Gasteiger partial charge in [-0.15, -0.1) is 0 Å². The van der Waals surface area contributed by atoms with Crippen LogP contribution in [0.15, 0.2) is 22.7 Å². The normalized spacial score (nSPS) is 16.6. The molecule has 3 nitrogen and oxygen atoms in total. The van der Waals surface area contributed by atoms with Crippen LogP contribution >= 0.6 is 15.9 Å². The number of aliphatic hydroxyl groups excluding tert-OH is 1. The van der Waals surface area contributed by atoms with E-state index in [2.05, 4.69) is 27.3 Å². The smallest absolute Gasteiger partial charge is 0.0992 e. The molecule has 0 bridgehead atoms. The predicted molar refractivity (Wildman–Crippen MR) is 66.1 cm³/mol. The van der Waals surface area contributed by atoms with Gasteiger partial charge < -0.3 is 10.4 Å². The number of halogens is 1. The summed E-state index contributed by atoms with van der Waals surface area (Å²) in [5, 5.41) is 21.2. The molecule has 0 amide bonds. The fourth-order valence-electron chi connectivity index (χ4n) is 1.58. The molecule has 1 saturated carbocycles. The molecule has 4 heteroatoms. The zero-order chi connectivity index (χ0) is 11.6. The minimum absolute atomic E-state index is 0.0906. The van der Waals surface area contributed by atoms with E-state index in [4.69, 9.17) is 5.26 Å². The highest BCUT2D eigenvalue weighted by molar-refractivity contribution is 9.10. The van der Waals surface area contributed by atoms with Crippen molar-refractivity contribution in [3.8, 4) is 6.07 Å². The highest BCUT2D eigenvalue weighted by Crippen LogP contribution is 2.45. The fraction of sp³-hybridized carbons (Fsp3) is 0.417. The second-order valence-corrected chi connectivity index (χ2v) is 5.17. The molecule has 1 fully saturated rings. The topological polar surface area (TPSA) is 56.0 Å². The Labute approximate surface area is 103 Å². The molecule has 1 aliphatic rings. The highest BCUT2D eigenvalue weighted by atomic mass is 79.9. The summed E-state index contributed by atoms with van der Waals surface area (Å²) in [6, 6.07) is 7.55. The third-order valence-corrected chi connectivity index (χ3v) is 3.70. The van der Waals surface area contributed by atoms with Crippen LogP contribution in [0.2, 0.25) is 0 Å². The number of benzene rings is 1. The molecular weight excluding hydrogens is 268 g/mol. The number of nitriles is 1. The van der Waals surface area contributed by atoms with Gasteiger partial charge in [0.1, 0.15) is 0 Å². The lowest BCUT2D eigenvalue weighted by atomic mass is 10.1. The Bertz CT molecular complexity index is 435. The number of aliphatic hydroxyl groups is 1. The molecule has 1 aromatic rings. The Hall–Kier alpha value is -1.05. The van der Waals surface area contributed by atoms with E-state index in [-0.39, 0.29) is 12.0 Å². The van der Waals surface area contributed by atoms with Gasteiger partial charge in [0, 0.05) is 22.1 Å². The van der Waals surface area contributed by atoms with Crippen LogP contribution in [0.5, 0.6) is 0 Å². The van der Waals surface area contributed by atoms with Gasteiger partial charge in [0.2, 0.25) is 0 Å². The Kier molecular flexibility index (Phi) is 3.17. The molecule has 0 radical (unpaired) electrons. The third kappa shape index (κ3) is 2.37. The molecule has 0 aromatic heterocycles. The lowest BCUT2D eigenvalue weighted by molar-refractivity contribution is 0.220. The molecule has 0 aliphatic heterocycles. The van der Waals surface area contributed by atoms with Gasteiger partial charge in [-0.05, 0) is 47.0 Å². The van der Waals surface area contributed by atoms with Gasteiger partial charge in [0.05, 0.1) is 18.2 Å². The molecule has 2 N–H and O–H groups in total. The van der Waals surface area contributed by atoms with Crippen molar-refractivity contribution in [1.82, 2.24) is 0 Å². The first-order chi connectivity index (χ1) is 7.69. The number of anilines is 1. The SMILES string of the molecule is N#Cc1ccc(NCC2(CO)CC2)c(Br)c1. The molecule has 1 aromatic carbocycles. The Balaban J connectivity index is 2.02. The van der Waals surface area contributed by atoms with Crippen LogP contribution in [-0.2, 0) is 0 Å². The second-order valence-electron chi connectivity index (χ2n) is 4.32. The molecule has 0 atom stereocenters. The maximum atomic E-state index is 9.19. The first-order valence-electron chi connectivity index (χ1n) is 5.23. The van der Waals surface area contributed by atoms with Gasteiger partial charge in [0.25, 0.3) is 0 Å². The summed E-state index contributed by atoms with van der Waals surface area (Å²) in [5.74, 6) is 0. The van der Waals surface area contributed by atoms with Crippen molar-refractivity contribution in [3.05, 3.63) is 28.2 Å². The van der Waals surface area contributed by atoms with Crippen LogP contribution in [0.25, 0.3) is 0 Å². The Morgan fingerprint density at radius 2 is 2.25 bits per heavy atom. The maximum absolute atomic E-state index is 9.19. The minimum atomic E-state index is 0.0906. The predicted octanol–water partition coefficient (Wildman–Crippen LogP) is 2.51. The van der Waals surface area contributed by atoms with E-state index in [9.17, 15) is 5.11 Å². The average molecular weight is 281 g/mol. The minimum Gasteiger partial charge on any atom is -0.396 e. The molecule has 0 saturated heterocycles. The third-order valence-electron chi connectivity index (χ3n) is 3.04. The van der Waals surface area contributed by atoms with E-state index in [0.717, 1.165) is 29.5 Å². The Morgan fingerprint density at radius 3 is 2.75 bits per heavy atom. The molecule has 0 heterocycles. The average Bonchev–Trinajstić information content (AvgIpc) is 3.08. The van der Waals surface area contributed by atoms with Gasteiger partial charge in [-0.2, -0.15) is 5.26 Å². The molecule has 1 aliphatic carbocycles. The van der Waals surface area contributed by atoms with Gasteiger partial charge in [0.15, 0.2) is 0 Å². The van der Waals surface area contributed by atoms with E-state index in [1.54, 1.807) is 12.1 Å². The van der Waals surface area contributed by atoms with Crippen molar-refractivity contribution in [2.24, 2.45) is 5.41 Å². The van der Waals surface area contributed by atoms with Crippen LogP contribution in [0, 0.1) is 16.7 Å². The summed E-state index contributed by atoms with van der Waals surface area (Å²) in [5.41, 5.74) is 1.70. The molecule has 16 heavy (non-hydrogen) atoms. The Morgan fingerprint density at radius 1 is 1.50 bits per heavy atom. The number of nitrogens with one attached hydrogen (secondary N) is 1. The van der Waals surface area contributed by atoms with Crippen molar-refractivity contribution in [1.29, 1.82) is 5.26 Å². The summed E-state index contributed by atoms with van der Waals surface area (Å²) in [7, 11) is 0. The van der Waals surface area contributed by atoms with Crippen LogP contribution < -0.4 is 5.32 Å². The lowest BCUT2D eigenvalue weighted by Gasteiger charge is -2.14. The van der Waals surface area contributed by atoms with Crippen LogP contribution in [0.3, 0.4) is 0 Å². The molecule has 0 unspecified atom stereocenters. The number of rotatable bonds is 4. The fourth-order valence-corrected chi connectivity index (χ4v) is 2.10. The van der Waals surface area contributed by atoms with Gasteiger partial charge in [-0.3, -0.25) is 0 Å². The van der Waals surface area contributed by atoms with Crippen LogP contribution in [0.1, 0.15) is 18.4 Å². The zero-order valence-electron chi connectivity index (χ0n) is 8.83. The molecule has 2 rings (SSSR count). The molecular formula is C12H13BrN2O.